The van der Waals surface area contributed by atoms with Crippen molar-refractivity contribution in [3.05, 3.63) is 82.2 Å². The Kier molecular flexibility index (Phi) is 7.02. The van der Waals surface area contributed by atoms with Crippen LogP contribution in [0.4, 0.5) is 4.39 Å². The normalized spacial score (nSPS) is 14.3. The standard InChI is InChI=1S/C28H26ClFN2O2S/c1-34-23-13-12-18(19-7-6-14-31-16-19)15-20(23)17-32(21-8-3-2-4-9-21)28(33)27-26(29)25-22(30)10-5-11-24(25)35-27/h5-7,10-16,21H,2-4,8-9,17H2,1H3. The Morgan fingerprint density at radius 2 is 1.97 bits per heavy atom. The lowest BCUT2D eigenvalue weighted by Gasteiger charge is -2.34. The smallest absolute Gasteiger partial charge is 0.266 e. The lowest BCUT2D eigenvalue weighted by atomic mass is 9.93. The molecule has 0 radical (unpaired) electrons. The molecule has 1 amide bonds. The molecule has 0 saturated heterocycles. The van der Waals surface area contributed by atoms with E-state index in [-0.39, 0.29) is 17.0 Å². The van der Waals surface area contributed by atoms with Crippen LogP contribution in [0.1, 0.15) is 47.3 Å². The number of benzene rings is 2. The Hall–Kier alpha value is -2.96. The third-order valence-electron chi connectivity index (χ3n) is 6.69. The number of carbonyl (C=O) groups excluding carboxylic acids is 1. The molecule has 1 aliphatic carbocycles. The number of thiophene rings is 1. The van der Waals surface area contributed by atoms with E-state index in [4.69, 9.17) is 16.3 Å². The van der Waals surface area contributed by atoms with Crippen molar-refractivity contribution < 1.29 is 13.9 Å². The van der Waals surface area contributed by atoms with Gasteiger partial charge in [0.25, 0.3) is 5.91 Å². The van der Waals surface area contributed by atoms with Crippen molar-refractivity contribution in [2.24, 2.45) is 0 Å². The fourth-order valence-electron chi connectivity index (χ4n) is 4.90. The number of rotatable bonds is 6. The summed E-state index contributed by atoms with van der Waals surface area (Å²) in [5.41, 5.74) is 2.91. The molecule has 0 unspecified atom stereocenters. The van der Waals surface area contributed by atoms with Gasteiger partial charge in [0, 0.05) is 46.2 Å². The minimum Gasteiger partial charge on any atom is -0.496 e. The Morgan fingerprint density at radius 3 is 2.69 bits per heavy atom. The molecule has 2 aromatic carbocycles. The zero-order valence-electron chi connectivity index (χ0n) is 19.5. The van der Waals surface area contributed by atoms with E-state index in [1.807, 2.05) is 35.4 Å². The van der Waals surface area contributed by atoms with E-state index in [0.29, 0.717) is 21.5 Å². The number of hydrogen-bond donors (Lipinski definition) is 0. The van der Waals surface area contributed by atoms with Gasteiger partial charge in [0.15, 0.2) is 0 Å². The first-order valence-electron chi connectivity index (χ1n) is 11.8. The van der Waals surface area contributed by atoms with E-state index >= 15 is 0 Å². The van der Waals surface area contributed by atoms with Gasteiger partial charge in [0.1, 0.15) is 16.4 Å². The van der Waals surface area contributed by atoms with Crippen LogP contribution in [0.2, 0.25) is 5.02 Å². The summed E-state index contributed by atoms with van der Waals surface area (Å²) >= 11 is 7.85. The van der Waals surface area contributed by atoms with Crippen molar-refractivity contribution in [3.8, 4) is 16.9 Å². The molecular weight excluding hydrogens is 483 g/mol. The highest BCUT2D eigenvalue weighted by Crippen LogP contribution is 2.39. The van der Waals surface area contributed by atoms with Crippen molar-refractivity contribution in [1.29, 1.82) is 0 Å². The average molecular weight is 509 g/mol. The first-order chi connectivity index (χ1) is 17.1. The molecule has 0 spiro atoms. The highest BCUT2D eigenvalue weighted by Gasteiger charge is 2.31. The number of aromatic nitrogens is 1. The maximum absolute atomic E-state index is 14.5. The number of methoxy groups -OCH3 is 1. The Labute approximate surface area is 213 Å². The number of halogens is 2. The molecule has 2 aromatic heterocycles. The Bertz CT molecular complexity index is 1350. The Balaban J connectivity index is 1.55. The molecule has 1 aliphatic rings. The summed E-state index contributed by atoms with van der Waals surface area (Å²) < 4.78 is 20.9. The number of ether oxygens (including phenoxy) is 1. The van der Waals surface area contributed by atoms with Crippen LogP contribution in [0, 0.1) is 5.82 Å². The van der Waals surface area contributed by atoms with E-state index < -0.39 is 5.82 Å². The van der Waals surface area contributed by atoms with Crippen LogP contribution in [0.3, 0.4) is 0 Å². The maximum atomic E-state index is 14.5. The largest absolute Gasteiger partial charge is 0.496 e. The van der Waals surface area contributed by atoms with Gasteiger partial charge in [0.05, 0.1) is 12.1 Å². The summed E-state index contributed by atoms with van der Waals surface area (Å²) in [5.74, 6) is 0.161. The van der Waals surface area contributed by atoms with Crippen molar-refractivity contribution in [3.63, 3.8) is 0 Å². The van der Waals surface area contributed by atoms with Crippen molar-refractivity contribution >= 4 is 38.9 Å². The van der Waals surface area contributed by atoms with Crippen LogP contribution in [0.15, 0.2) is 60.9 Å². The molecule has 7 heteroatoms. The number of nitrogens with zero attached hydrogens (tertiary/aromatic N) is 2. The van der Waals surface area contributed by atoms with Crippen LogP contribution in [-0.2, 0) is 6.54 Å². The second-order valence-corrected chi connectivity index (χ2v) is 10.3. The van der Waals surface area contributed by atoms with Gasteiger partial charge in [-0.05, 0) is 48.7 Å². The Morgan fingerprint density at radius 1 is 1.14 bits per heavy atom. The molecule has 5 rings (SSSR count). The van der Waals surface area contributed by atoms with E-state index in [2.05, 4.69) is 11.1 Å². The zero-order chi connectivity index (χ0) is 24.4. The molecule has 0 aliphatic heterocycles. The predicted octanol–water partition coefficient (Wildman–Crippen LogP) is 7.74. The molecule has 1 saturated carbocycles. The van der Waals surface area contributed by atoms with Gasteiger partial charge in [-0.2, -0.15) is 0 Å². The summed E-state index contributed by atoms with van der Waals surface area (Å²) in [7, 11) is 1.64. The summed E-state index contributed by atoms with van der Waals surface area (Å²) in [4.78, 5) is 20.5. The van der Waals surface area contributed by atoms with E-state index in [9.17, 15) is 9.18 Å². The van der Waals surface area contributed by atoms with Crippen molar-refractivity contribution in [2.75, 3.05) is 7.11 Å². The molecule has 0 atom stereocenters. The van der Waals surface area contributed by atoms with E-state index in [1.54, 1.807) is 25.4 Å². The molecule has 35 heavy (non-hydrogen) atoms. The second-order valence-electron chi connectivity index (χ2n) is 8.85. The molecule has 180 valence electrons. The van der Waals surface area contributed by atoms with Crippen LogP contribution in [0.25, 0.3) is 21.2 Å². The third kappa shape index (κ3) is 4.78. The number of carbonyl (C=O) groups is 1. The molecule has 4 nitrogen and oxygen atoms in total. The molecule has 1 fully saturated rings. The minimum absolute atomic E-state index is 0.0918. The monoisotopic (exact) mass is 508 g/mol. The number of amides is 1. The fraction of sp³-hybridized carbons (Fsp3) is 0.286. The highest BCUT2D eigenvalue weighted by molar-refractivity contribution is 7.21. The summed E-state index contributed by atoms with van der Waals surface area (Å²) in [6.07, 6.45) is 8.77. The predicted molar refractivity (Wildman–Crippen MR) is 140 cm³/mol. The fourth-order valence-corrected chi connectivity index (χ4v) is 6.41. The van der Waals surface area contributed by atoms with Gasteiger partial charge in [0.2, 0.25) is 0 Å². The lowest BCUT2D eigenvalue weighted by Crippen LogP contribution is -2.40. The summed E-state index contributed by atoms with van der Waals surface area (Å²) in [6, 6.07) is 14.8. The lowest BCUT2D eigenvalue weighted by molar-refractivity contribution is 0.0618. The number of fused-ring (bicyclic) bond motifs is 1. The van der Waals surface area contributed by atoms with Gasteiger partial charge in [-0.1, -0.05) is 49.1 Å². The molecule has 4 aromatic rings. The highest BCUT2D eigenvalue weighted by atomic mass is 35.5. The van der Waals surface area contributed by atoms with Gasteiger partial charge in [-0.3, -0.25) is 9.78 Å². The van der Waals surface area contributed by atoms with Crippen LogP contribution in [0.5, 0.6) is 5.75 Å². The van der Waals surface area contributed by atoms with Gasteiger partial charge < -0.3 is 9.64 Å². The maximum Gasteiger partial charge on any atom is 0.266 e. The summed E-state index contributed by atoms with van der Waals surface area (Å²) in [5, 5.41) is 0.521. The first kappa shape index (κ1) is 23.8. The quantitative estimate of drug-likeness (QED) is 0.267. The zero-order valence-corrected chi connectivity index (χ0v) is 21.0. The van der Waals surface area contributed by atoms with Crippen LogP contribution >= 0.6 is 22.9 Å². The minimum atomic E-state index is -0.405. The molecule has 0 N–H and O–H groups in total. The van der Waals surface area contributed by atoms with Gasteiger partial charge in [-0.15, -0.1) is 11.3 Å². The van der Waals surface area contributed by atoms with Crippen molar-refractivity contribution in [2.45, 2.75) is 44.7 Å². The average Bonchev–Trinajstić information content (AvgIpc) is 3.25. The first-order valence-corrected chi connectivity index (χ1v) is 13.0. The van der Waals surface area contributed by atoms with Crippen molar-refractivity contribution in [1.82, 2.24) is 9.88 Å². The van der Waals surface area contributed by atoms with E-state index in [1.165, 1.54) is 23.8 Å². The second kappa shape index (κ2) is 10.3. The van der Waals surface area contributed by atoms with Crippen LogP contribution < -0.4 is 4.74 Å². The topological polar surface area (TPSA) is 42.4 Å². The third-order valence-corrected chi connectivity index (χ3v) is 8.33. The number of hydrogen-bond acceptors (Lipinski definition) is 4. The SMILES string of the molecule is COc1ccc(-c2cccnc2)cc1CN(C(=O)c1sc2cccc(F)c2c1Cl)C1CCCCC1. The molecule has 0 bridgehead atoms. The van der Waals surface area contributed by atoms with Gasteiger partial charge >= 0.3 is 0 Å². The number of pyridine rings is 1. The van der Waals surface area contributed by atoms with Gasteiger partial charge in [-0.25, -0.2) is 4.39 Å². The summed E-state index contributed by atoms with van der Waals surface area (Å²) in [6.45, 7) is 0.383. The van der Waals surface area contributed by atoms with E-state index in [0.717, 1.165) is 48.1 Å². The van der Waals surface area contributed by atoms with Crippen LogP contribution in [-0.4, -0.2) is 28.9 Å². The molecule has 2 heterocycles. The molecular formula is C28H26ClFN2O2S.